The molecule has 1 amide bonds. The number of methoxy groups -OCH3 is 1. The van der Waals surface area contributed by atoms with E-state index in [0.29, 0.717) is 65.1 Å². The number of pyridine rings is 2. The molecule has 0 spiro atoms. The number of aryl methyl sites for hydroxylation is 1. The van der Waals surface area contributed by atoms with Crippen LogP contribution in [-0.2, 0) is 27.2 Å². The molecule has 14 heteroatoms. The average Bonchev–Trinajstić information content (AvgIpc) is 4.07. The Labute approximate surface area is 332 Å². The van der Waals surface area contributed by atoms with E-state index in [1.807, 2.05) is 76.1 Å². The number of imidazole rings is 1. The van der Waals surface area contributed by atoms with Crippen molar-refractivity contribution in [1.29, 1.82) is 0 Å². The van der Waals surface area contributed by atoms with Crippen LogP contribution in [-0.4, -0.2) is 55.5 Å². The van der Waals surface area contributed by atoms with Gasteiger partial charge in [0, 0.05) is 23.6 Å². The molecule has 1 fully saturated rings. The van der Waals surface area contributed by atoms with Crippen LogP contribution in [0.2, 0.25) is 0 Å². The van der Waals surface area contributed by atoms with Gasteiger partial charge in [0.15, 0.2) is 11.5 Å². The molecule has 3 N–H and O–H groups in total. The minimum Gasteiger partial charge on any atom is -0.497 e. The third kappa shape index (κ3) is 6.52. The van der Waals surface area contributed by atoms with Gasteiger partial charge < -0.3 is 34.7 Å². The van der Waals surface area contributed by atoms with Crippen molar-refractivity contribution in [3.8, 4) is 40.0 Å². The number of benzene rings is 3. The normalized spacial score (nSPS) is 16.1. The summed E-state index contributed by atoms with van der Waals surface area (Å²) < 4.78 is 32.1. The number of nitrogens with one attached hydrogen (secondary N) is 1. The smallest absolute Gasteiger partial charge is 0.269 e. The second-order valence-corrected chi connectivity index (χ2v) is 14.3. The first-order valence-electron chi connectivity index (χ1n) is 19.0. The number of anilines is 1. The molecule has 0 unspecified atom stereocenters. The highest BCUT2D eigenvalue weighted by Gasteiger charge is 2.29. The molecule has 2 aliphatic heterocycles. The molecule has 14 nitrogen and oxygen atoms in total. The molecule has 4 aromatic heterocycles. The summed E-state index contributed by atoms with van der Waals surface area (Å²) in [6, 6.07) is 28.9. The number of nitrogens with zero attached hydrogens (tertiary/aromatic N) is 6. The highest BCUT2D eigenvalue weighted by molar-refractivity contribution is 5.95. The molecule has 58 heavy (non-hydrogen) atoms. The Morgan fingerprint density at radius 2 is 1.79 bits per heavy atom. The van der Waals surface area contributed by atoms with E-state index in [4.69, 9.17) is 44.5 Å². The largest absolute Gasteiger partial charge is 0.497 e. The van der Waals surface area contributed by atoms with Gasteiger partial charge in [0.1, 0.15) is 47.7 Å². The minimum absolute atomic E-state index is 0.194. The first-order valence-corrected chi connectivity index (χ1v) is 19.0. The van der Waals surface area contributed by atoms with Crippen LogP contribution in [0.3, 0.4) is 0 Å². The van der Waals surface area contributed by atoms with Crippen molar-refractivity contribution in [3.63, 3.8) is 0 Å². The van der Waals surface area contributed by atoms with Crippen molar-refractivity contribution < 1.29 is 28.5 Å². The zero-order valence-electron chi connectivity index (χ0n) is 31.4. The lowest BCUT2D eigenvalue weighted by atomic mass is 10.1. The average molecular weight is 775 g/mol. The summed E-state index contributed by atoms with van der Waals surface area (Å²) >= 11 is 0. The van der Waals surface area contributed by atoms with Gasteiger partial charge in [-0.3, -0.25) is 14.0 Å². The summed E-state index contributed by atoms with van der Waals surface area (Å²) in [5.74, 6) is 2.10. The van der Waals surface area contributed by atoms with Crippen molar-refractivity contribution in [2.75, 3.05) is 26.1 Å². The number of ether oxygens (including phenoxy) is 5. The zero-order chi connectivity index (χ0) is 39.2. The number of hydrogen-bond acceptors (Lipinski definition) is 11. The predicted molar refractivity (Wildman–Crippen MR) is 214 cm³/mol. The van der Waals surface area contributed by atoms with E-state index in [0.717, 1.165) is 52.4 Å². The summed E-state index contributed by atoms with van der Waals surface area (Å²) in [6.07, 6.45) is 7.36. The van der Waals surface area contributed by atoms with E-state index < -0.39 is 6.29 Å². The van der Waals surface area contributed by atoms with Gasteiger partial charge >= 0.3 is 0 Å². The topological polar surface area (TPSA) is 163 Å². The molecule has 3 aromatic carbocycles. The number of amides is 1. The van der Waals surface area contributed by atoms with Gasteiger partial charge in [-0.2, -0.15) is 5.10 Å². The Morgan fingerprint density at radius 1 is 0.931 bits per heavy atom. The molecule has 10 rings (SSSR count). The molecular weight excluding hydrogens is 737 g/mol. The first-order chi connectivity index (χ1) is 28.5. The summed E-state index contributed by atoms with van der Waals surface area (Å²) in [5.41, 5.74) is 15.1. The second kappa shape index (κ2) is 14.7. The lowest BCUT2D eigenvalue weighted by molar-refractivity contribution is -0.0285. The lowest BCUT2D eigenvalue weighted by Crippen LogP contribution is -2.30. The van der Waals surface area contributed by atoms with Crippen LogP contribution in [0.25, 0.3) is 39.6 Å². The number of rotatable bonds is 11. The molecule has 6 heterocycles. The molecule has 290 valence electrons. The summed E-state index contributed by atoms with van der Waals surface area (Å²) in [4.78, 5) is 28.3. The quantitative estimate of drug-likeness (QED) is 0.139. The van der Waals surface area contributed by atoms with E-state index in [-0.39, 0.29) is 18.0 Å². The van der Waals surface area contributed by atoms with Crippen molar-refractivity contribution >= 4 is 22.9 Å². The summed E-state index contributed by atoms with van der Waals surface area (Å²) in [5, 5.41) is 8.07. The van der Waals surface area contributed by atoms with Crippen LogP contribution in [0.4, 0.5) is 5.82 Å². The monoisotopic (exact) mass is 774 g/mol. The molecule has 0 radical (unpaired) electrons. The molecule has 3 aliphatic rings. The SMILES string of the molecule is COc1ccc(COc2ccc(C(=O)N[C@H]3CCc4cc(-n5c(-c6cccnc6N)nc6ccc(-c7ccn(C8COC8)n7)nc65)ccc43)cc2C2OC=CO2)cc1. The van der Waals surface area contributed by atoms with Crippen molar-refractivity contribution in [2.24, 2.45) is 0 Å². The highest BCUT2D eigenvalue weighted by Crippen LogP contribution is 2.38. The third-order valence-electron chi connectivity index (χ3n) is 10.8. The predicted octanol–water partition coefficient (Wildman–Crippen LogP) is 7.02. The Kier molecular flexibility index (Phi) is 8.94. The maximum Gasteiger partial charge on any atom is 0.269 e. The Hall–Kier alpha value is -7.19. The Morgan fingerprint density at radius 3 is 2.59 bits per heavy atom. The standard InChI is InChI=1S/C44H38N8O6/c1-54-31-9-4-26(5-10-31)23-58-39-15-7-28(22-34(39)44-56-19-20-57-44)43(53)49-35-12-6-27-21-29(8-11-32(27)35)52-41(33-3-2-17-46-40(33)45)48-38-14-13-36(47-42(38)52)37-16-18-51(50-37)30-24-55-25-30/h2-5,7-11,13-22,30,35,44H,6,12,23-25H2,1H3,(H2,45,46)(H,49,53)/t35-/m0/s1. The molecule has 1 saturated heterocycles. The molecule has 0 bridgehead atoms. The van der Waals surface area contributed by atoms with E-state index in [1.165, 1.54) is 12.5 Å². The fourth-order valence-electron chi connectivity index (χ4n) is 7.59. The minimum atomic E-state index is -0.735. The molecule has 7 aromatic rings. The van der Waals surface area contributed by atoms with Crippen LogP contribution >= 0.6 is 0 Å². The van der Waals surface area contributed by atoms with Gasteiger partial charge in [-0.05, 0) is 102 Å². The maximum absolute atomic E-state index is 13.9. The number of hydrogen-bond donors (Lipinski definition) is 2. The fourth-order valence-corrected chi connectivity index (χ4v) is 7.59. The van der Waals surface area contributed by atoms with E-state index in [9.17, 15) is 4.79 Å². The third-order valence-corrected chi connectivity index (χ3v) is 10.8. The van der Waals surface area contributed by atoms with Crippen LogP contribution in [0.15, 0.2) is 116 Å². The number of carbonyl (C=O) groups excluding carboxylic acids is 1. The first kappa shape index (κ1) is 35.2. The molecule has 1 aliphatic carbocycles. The molecular formula is C44H38N8O6. The summed E-state index contributed by atoms with van der Waals surface area (Å²) in [7, 11) is 1.63. The van der Waals surface area contributed by atoms with Crippen LogP contribution in [0.1, 0.15) is 57.4 Å². The van der Waals surface area contributed by atoms with E-state index >= 15 is 0 Å². The zero-order valence-corrected chi connectivity index (χ0v) is 31.4. The van der Waals surface area contributed by atoms with Crippen molar-refractivity contribution in [1.82, 2.24) is 34.6 Å². The van der Waals surface area contributed by atoms with Crippen LogP contribution in [0.5, 0.6) is 11.5 Å². The number of fused-ring (bicyclic) bond motifs is 2. The molecule has 1 atom stereocenters. The van der Waals surface area contributed by atoms with Crippen molar-refractivity contribution in [3.05, 3.63) is 144 Å². The molecule has 0 saturated carbocycles. The lowest BCUT2D eigenvalue weighted by Gasteiger charge is -2.25. The van der Waals surface area contributed by atoms with Crippen molar-refractivity contribution in [2.45, 2.75) is 37.8 Å². The van der Waals surface area contributed by atoms with Gasteiger partial charge in [-0.25, -0.2) is 15.0 Å². The number of aromatic nitrogens is 6. The van der Waals surface area contributed by atoms with Gasteiger partial charge in [0.05, 0.1) is 49.2 Å². The second-order valence-electron chi connectivity index (χ2n) is 14.3. The van der Waals surface area contributed by atoms with E-state index in [2.05, 4.69) is 22.4 Å². The number of carbonyl (C=O) groups is 1. The van der Waals surface area contributed by atoms with Gasteiger partial charge in [-0.1, -0.05) is 18.2 Å². The van der Waals surface area contributed by atoms with Gasteiger partial charge in [0.25, 0.3) is 12.2 Å². The highest BCUT2D eigenvalue weighted by atomic mass is 16.7. The Bertz CT molecular complexity index is 2700. The Balaban J connectivity index is 0.931. The summed E-state index contributed by atoms with van der Waals surface area (Å²) in [6.45, 7) is 1.62. The van der Waals surface area contributed by atoms with E-state index in [1.54, 1.807) is 31.5 Å². The number of nitrogen functional groups attached to an aromatic ring is 1. The number of nitrogens with two attached hydrogens (primary N) is 1. The van der Waals surface area contributed by atoms with Crippen LogP contribution < -0.4 is 20.5 Å². The van der Waals surface area contributed by atoms with Gasteiger partial charge in [-0.15, -0.1) is 0 Å². The van der Waals surface area contributed by atoms with Crippen LogP contribution in [0, 0.1) is 0 Å². The van der Waals surface area contributed by atoms with Gasteiger partial charge in [0.2, 0.25) is 0 Å². The fraction of sp³-hybridized carbons (Fsp3) is 0.205. The maximum atomic E-state index is 13.9.